The van der Waals surface area contributed by atoms with Crippen LogP contribution in [0.4, 0.5) is 23.5 Å². The smallest absolute Gasteiger partial charge is 0.401 e. The quantitative estimate of drug-likeness (QED) is 0.413. The zero-order valence-electron chi connectivity index (χ0n) is 19.0. The minimum absolute atomic E-state index is 0.0831. The lowest BCUT2D eigenvalue weighted by molar-refractivity contribution is -0.147. The van der Waals surface area contributed by atoms with E-state index in [9.17, 15) is 17.6 Å². The second-order valence-corrected chi connectivity index (χ2v) is 7.62. The van der Waals surface area contributed by atoms with E-state index in [4.69, 9.17) is 14.7 Å². The zero-order valence-corrected chi connectivity index (χ0v) is 19.0. The Morgan fingerprint density at radius 3 is 2.31 bits per heavy atom. The van der Waals surface area contributed by atoms with Crippen LogP contribution in [0.3, 0.4) is 0 Å². The molecule has 1 aromatic heterocycles. The summed E-state index contributed by atoms with van der Waals surface area (Å²) in [4.78, 5) is 9.31. The van der Waals surface area contributed by atoms with Gasteiger partial charge in [0.15, 0.2) is 0 Å². The molecule has 0 bridgehead atoms. The van der Waals surface area contributed by atoms with Crippen LogP contribution >= 0.6 is 0 Å². The largest absolute Gasteiger partial charge is 0.497 e. The number of nitriles is 1. The second kappa shape index (κ2) is 11.5. The van der Waals surface area contributed by atoms with Crippen molar-refractivity contribution in [1.29, 1.82) is 5.26 Å². The molecule has 0 fully saturated rings. The number of halogens is 4. The number of alkyl halides is 3. The maximum atomic E-state index is 13.5. The van der Waals surface area contributed by atoms with Crippen LogP contribution < -0.4 is 14.8 Å². The van der Waals surface area contributed by atoms with Crippen molar-refractivity contribution in [2.45, 2.75) is 18.8 Å². The van der Waals surface area contributed by atoms with Gasteiger partial charge in [-0.25, -0.2) is 14.4 Å². The van der Waals surface area contributed by atoms with E-state index in [2.05, 4.69) is 15.3 Å². The third-order valence-corrected chi connectivity index (χ3v) is 5.09. The molecule has 0 saturated heterocycles. The highest BCUT2D eigenvalue weighted by Crippen LogP contribution is 2.29. The topological polar surface area (TPSA) is 83.3 Å². The molecule has 0 amide bonds. The third kappa shape index (κ3) is 7.55. The van der Waals surface area contributed by atoms with E-state index in [1.807, 2.05) is 6.07 Å². The van der Waals surface area contributed by atoms with Crippen molar-refractivity contribution in [3.63, 3.8) is 0 Å². The van der Waals surface area contributed by atoms with E-state index in [-0.39, 0.29) is 24.6 Å². The molecule has 7 nitrogen and oxygen atoms in total. The maximum Gasteiger partial charge on any atom is 0.401 e. The van der Waals surface area contributed by atoms with Gasteiger partial charge in [0.1, 0.15) is 23.4 Å². The molecule has 0 aliphatic rings. The van der Waals surface area contributed by atoms with Crippen molar-refractivity contribution in [3.05, 3.63) is 77.4 Å². The van der Waals surface area contributed by atoms with Crippen molar-refractivity contribution in [3.8, 4) is 17.6 Å². The summed E-state index contributed by atoms with van der Waals surface area (Å²) in [7, 11) is 2.91. The summed E-state index contributed by atoms with van der Waals surface area (Å²) in [6.07, 6.45) is -1.88. The summed E-state index contributed by atoms with van der Waals surface area (Å²) in [5.74, 6) is 0.541. The molecule has 3 rings (SSSR count). The number of hydrogen-bond acceptors (Lipinski definition) is 7. The molecule has 0 aliphatic carbocycles. The predicted octanol–water partition coefficient (Wildman–Crippen LogP) is 4.72. The first-order chi connectivity index (χ1) is 16.7. The van der Waals surface area contributed by atoms with Gasteiger partial charge in [-0.1, -0.05) is 18.2 Å². The number of anilines is 1. The van der Waals surface area contributed by atoms with Gasteiger partial charge in [0, 0.05) is 24.7 Å². The molecular formula is C24H23F4N5O2. The van der Waals surface area contributed by atoms with E-state index in [1.165, 1.54) is 55.8 Å². The molecule has 1 N–H and O–H groups in total. The Morgan fingerprint density at radius 1 is 1.06 bits per heavy atom. The van der Waals surface area contributed by atoms with Crippen LogP contribution in [-0.2, 0) is 6.54 Å². The molecule has 1 unspecified atom stereocenters. The van der Waals surface area contributed by atoms with Crippen molar-refractivity contribution >= 4 is 5.95 Å². The number of hydrogen-bond donors (Lipinski definition) is 1. The first-order valence-corrected chi connectivity index (χ1v) is 10.4. The van der Waals surface area contributed by atoms with Crippen molar-refractivity contribution < 1.29 is 27.0 Å². The van der Waals surface area contributed by atoms with E-state index in [1.54, 1.807) is 18.2 Å². The summed E-state index contributed by atoms with van der Waals surface area (Å²) in [6, 6.07) is 11.5. The second-order valence-electron chi connectivity index (χ2n) is 7.62. The number of rotatable bonds is 10. The van der Waals surface area contributed by atoms with Gasteiger partial charge < -0.3 is 14.8 Å². The Morgan fingerprint density at radius 2 is 1.74 bits per heavy atom. The summed E-state index contributed by atoms with van der Waals surface area (Å²) < 4.78 is 64.6. The number of nitrogens with zero attached hydrogens (tertiary/aromatic N) is 4. The lowest BCUT2D eigenvalue weighted by Crippen LogP contribution is -2.38. The van der Waals surface area contributed by atoms with E-state index >= 15 is 0 Å². The normalized spacial score (nSPS) is 12.2. The molecular weight excluding hydrogens is 466 g/mol. The lowest BCUT2D eigenvalue weighted by atomic mass is 10.1. The molecule has 1 heterocycles. The molecule has 0 radical (unpaired) electrons. The molecule has 35 heavy (non-hydrogen) atoms. The summed E-state index contributed by atoms with van der Waals surface area (Å²) in [5, 5.41) is 11.9. The van der Waals surface area contributed by atoms with Gasteiger partial charge in [0.2, 0.25) is 5.95 Å². The van der Waals surface area contributed by atoms with E-state index < -0.39 is 24.6 Å². The Bertz CT molecular complexity index is 1150. The first kappa shape index (κ1) is 25.7. The SMILES string of the molecule is COc1ccc(CN(CC(Nc2ncc(C#N)cn2)c2ccc(F)cc2)CC(F)(F)F)c(OC)c1. The van der Waals surface area contributed by atoms with Crippen molar-refractivity contribution in [1.82, 2.24) is 14.9 Å². The van der Waals surface area contributed by atoms with Crippen LogP contribution in [0, 0.1) is 17.1 Å². The minimum Gasteiger partial charge on any atom is -0.497 e. The number of benzene rings is 2. The molecule has 184 valence electrons. The Labute approximate surface area is 199 Å². The molecule has 0 aliphatic heterocycles. The van der Waals surface area contributed by atoms with Crippen LogP contribution in [0.25, 0.3) is 0 Å². The summed E-state index contributed by atoms with van der Waals surface area (Å²) in [5.41, 5.74) is 1.30. The van der Waals surface area contributed by atoms with Crippen LogP contribution in [0.1, 0.15) is 22.7 Å². The van der Waals surface area contributed by atoms with Crippen LogP contribution in [0.15, 0.2) is 54.9 Å². The minimum atomic E-state index is -4.47. The van der Waals surface area contributed by atoms with Gasteiger partial charge in [0.05, 0.1) is 44.8 Å². The fourth-order valence-corrected chi connectivity index (χ4v) is 3.47. The van der Waals surface area contributed by atoms with Gasteiger partial charge in [-0.3, -0.25) is 4.90 Å². The van der Waals surface area contributed by atoms with Gasteiger partial charge >= 0.3 is 6.18 Å². The Balaban J connectivity index is 1.92. The molecule has 1 atom stereocenters. The van der Waals surface area contributed by atoms with Gasteiger partial charge in [0.25, 0.3) is 0 Å². The molecule has 0 spiro atoms. The number of ether oxygens (including phenoxy) is 2. The predicted molar refractivity (Wildman–Crippen MR) is 120 cm³/mol. The highest BCUT2D eigenvalue weighted by molar-refractivity contribution is 5.41. The third-order valence-electron chi connectivity index (χ3n) is 5.09. The first-order valence-electron chi connectivity index (χ1n) is 10.4. The van der Waals surface area contributed by atoms with Gasteiger partial charge in [-0.2, -0.15) is 18.4 Å². The molecule has 0 saturated carbocycles. The zero-order chi connectivity index (χ0) is 25.4. The maximum absolute atomic E-state index is 13.5. The fourth-order valence-electron chi connectivity index (χ4n) is 3.47. The molecule has 2 aromatic carbocycles. The van der Waals surface area contributed by atoms with Crippen LogP contribution in [0.2, 0.25) is 0 Å². The van der Waals surface area contributed by atoms with Crippen molar-refractivity contribution in [2.24, 2.45) is 0 Å². The lowest BCUT2D eigenvalue weighted by Gasteiger charge is -2.29. The summed E-state index contributed by atoms with van der Waals surface area (Å²) in [6.45, 7) is -1.40. The molecule has 11 heteroatoms. The average molecular weight is 489 g/mol. The van der Waals surface area contributed by atoms with Crippen LogP contribution in [-0.4, -0.2) is 48.4 Å². The number of methoxy groups -OCH3 is 2. The number of aromatic nitrogens is 2. The molecule has 3 aromatic rings. The summed E-state index contributed by atoms with van der Waals surface area (Å²) >= 11 is 0. The van der Waals surface area contributed by atoms with Gasteiger partial charge in [-0.15, -0.1) is 0 Å². The van der Waals surface area contributed by atoms with Crippen molar-refractivity contribution in [2.75, 3.05) is 32.6 Å². The van der Waals surface area contributed by atoms with E-state index in [0.29, 0.717) is 22.6 Å². The Hall–Kier alpha value is -3.91. The monoisotopic (exact) mass is 489 g/mol. The Kier molecular flexibility index (Phi) is 8.43. The van der Waals surface area contributed by atoms with E-state index in [0.717, 1.165) is 0 Å². The average Bonchev–Trinajstić information content (AvgIpc) is 2.83. The van der Waals surface area contributed by atoms with Crippen LogP contribution in [0.5, 0.6) is 11.5 Å². The fraction of sp³-hybridized carbons (Fsp3) is 0.292. The standard InChI is InChI=1S/C24H23F4N5O2/c1-34-20-8-5-18(22(9-20)35-2)13-33(15-24(26,27)28)14-21(17-3-6-19(25)7-4-17)32-23-30-11-16(10-29)12-31-23/h3-9,11-12,21H,13-15H2,1-2H3,(H,30,31,32). The number of nitrogens with one attached hydrogen (secondary N) is 1. The van der Waals surface area contributed by atoms with Gasteiger partial charge in [-0.05, 0) is 23.8 Å². The highest BCUT2D eigenvalue weighted by atomic mass is 19.4. The highest BCUT2D eigenvalue weighted by Gasteiger charge is 2.32.